The summed E-state index contributed by atoms with van der Waals surface area (Å²) < 4.78 is 6.37. The zero-order valence-electron chi connectivity index (χ0n) is 11.8. The minimum absolute atomic E-state index is 0.905. The van der Waals surface area contributed by atoms with Gasteiger partial charge < -0.3 is 4.74 Å². The Labute approximate surface area is 136 Å². The van der Waals surface area contributed by atoms with Crippen molar-refractivity contribution in [3.8, 4) is 27.6 Å². The number of thiazole rings is 1. The van der Waals surface area contributed by atoms with Gasteiger partial charge in [0, 0.05) is 21.0 Å². The number of hydrogen-bond acceptors (Lipinski definition) is 3. The third kappa shape index (κ3) is 3.01. The zero-order chi connectivity index (χ0) is 14.8. The molecule has 0 saturated heterocycles. The molecule has 21 heavy (non-hydrogen) atoms. The van der Waals surface area contributed by atoms with Crippen LogP contribution in [0.3, 0.4) is 0 Å². The largest absolute Gasteiger partial charge is 0.496 e. The van der Waals surface area contributed by atoms with Crippen LogP contribution in [0.4, 0.5) is 0 Å². The number of benzene rings is 2. The van der Waals surface area contributed by atoms with Crippen LogP contribution in [-0.2, 0) is 0 Å². The summed E-state index contributed by atoms with van der Waals surface area (Å²) in [5.74, 6) is 0.905. The van der Waals surface area contributed by atoms with Gasteiger partial charge in [-0.1, -0.05) is 28.1 Å². The lowest BCUT2D eigenvalue weighted by atomic mass is 10.1. The van der Waals surface area contributed by atoms with Gasteiger partial charge in [0.25, 0.3) is 0 Å². The van der Waals surface area contributed by atoms with Gasteiger partial charge >= 0.3 is 0 Å². The Morgan fingerprint density at radius 3 is 2.67 bits per heavy atom. The lowest BCUT2D eigenvalue weighted by Crippen LogP contribution is -1.87. The van der Waals surface area contributed by atoms with E-state index in [1.807, 2.05) is 25.1 Å². The van der Waals surface area contributed by atoms with Crippen molar-refractivity contribution >= 4 is 27.3 Å². The molecule has 2 aromatic carbocycles. The molecule has 0 aliphatic carbocycles. The molecule has 3 aromatic rings. The lowest BCUT2D eigenvalue weighted by Gasteiger charge is -2.05. The molecule has 0 unspecified atom stereocenters. The van der Waals surface area contributed by atoms with Crippen LogP contribution < -0.4 is 4.74 Å². The molecule has 1 aromatic heterocycles. The van der Waals surface area contributed by atoms with Crippen LogP contribution in [0.1, 0.15) is 5.56 Å². The molecule has 0 radical (unpaired) electrons. The van der Waals surface area contributed by atoms with Gasteiger partial charge in [-0.15, -0.1) is 11.3 Å². The van der Waals surface area contributed by atoms with Crippen molar-refractivity contribution in [2.75, 3.05) is 7.11 Å². The maximum atomic E-state index is 5.30. The maximum Gasteiger partial charge on any atom is 0.124 e. The molecule has 3 rings (SSSR count). The fourth-order valence-corrected chi connectivity index (χ4v) is 3.42. The van der Waals surface area contributed by atoms with E-state index in [0.717, 1.165) is 37.6 Å². The first kappa shape index (κ1) is 14.3. The monoisotopic (exact) mass is 359 g/mol. The van der Waals surface area contributed by atoms with Crippen LogP contribution in [0.25, 0.3) is 21.8 Å². The second-order valence-corrected chi connectivity index (χ2v) is 6.51. The number of aryl methyl sites for hydroxylation is 1. The Hall–Kier alpha value is -1.65. The summed E-state index contributed by atoms with van der Waals surface area (Å²) in [4.78, 5) is 4.75. The molecule has 0 N–H and O–H groups in total. The van der Waals surface area contributed by atoms with Crippen LogP contribution >= 0.6 is 27.3 Å². The predicted octanol–water partition coefficient (Wildman–Crippen LogP) is 5.56. The van der Waals surface area contributed by atoms with E-state index in [2.05, 4.69) is 45.6 Å². The normalized spacial score (nSPS) is 10.6. The van der Waals surface area contributed by atoms with Crippen molar-refractivity contribution in [2.24, 2.45) is 0 Å². The van der Waals surface area contributed by atoms with Crippen LogP contribution in [0.15, 0.2) is 52.3 Å². The standard InChI is InChI=1S/C17H14BrNOS/c1-11-8-13(6-7-16(11)20-2)17-19-15(10-21-17)12-4-3-5-14(18)9-12/h3-10H,1-2H3. The van der Waals surface area contributed by atoms with Crippen LogP contribution in [-0.4, -0.2) is 12.1 Å². The number of ether oxygens (including phenoxy) is 1. The van der Waals surface area contributed by atoms with Crippen molar-refractivity contribution in [3.05, 3.63) is 57.9 Å². The molecular formula is C17H14BrNOS. The molecule has 0 bridgehead atoms. The third-order valence-electron chi connectivity index (χ3n) is 3.27. The highest BCUT2D eigenvalue weighted by Gasteiger charge is 2.08. The van der Waals surface area contributed by atoms with Crippen molar-refractivity contribution in [1.29, 1.82) is 0 Å². The SMILES string of the molecule is COc1ccc(-c2nc(-c3cccc(Br)c3)cs2)cc1C. The Morgan fingerprint density at radius 2 is 1.95 bits per heavy atom. The van der Waals surface area contributed by atoms with Crippen LogP contribution in [0.5, 0.6) is 5.75 Å². The molecule has 1 heterocycles. The average Bonchev–Trinajstić information content (AvgIpc) is 2.97. The number of methoxy groups -OCH3 is 1. The predicted molar refractivity (Wildman–Crippen MR) is 92.0 cm³/mol. The Balaban J connectivity index is 1.96. The highest BCUT2D eigenvalue weighted by atomic mass is 79.9. The van der Waals surface area contributed by atoms with E-state index in [9.17, 15) is 0 Å². The topological polar surface area (TPSA) is 22.1 Å². The van der Waals surface area contributed by atoms with Crippen molar-refractivity contribution in [1.82, 2.24) is 4.98 Å². The van der Waals surface area contributed by atoms with Gasteiger partial charge in [0.05, 0.1) is 12.8 Å². The van der Waals surface area contributed by atoms with E-state index < -0.39 is 0 Å². The van der Waals surface area contributed by atoms with Crippen LogP contribution in [0.2, 0.25) is 0 Å². The van der Waals surface area contributed by atoms with Gasteiger partial charge in [0.1, 0.15) is 10.8 Å². The highest BCUT2D eigenvalue weighted by Crippen LogP contribution is 2.32. The molecule has 0 aliphatic heterocycles. The van der Waals surface area contributed by atoms with E-state index >= 15 is 0 Å². The molecule has 0 saturated carbocycles. The summed E-state index contributed by atoms with van der Waals surface area (Å²) in [5.41, 5.74) is 4.37. The molecule has 2 nitrogen and oxygen atoms in total. The first-order valence-corrected chi connectivity index (χ1v) is 8.21. The Kier molecular flexibility index (Phi) is 4.08. The van der Waals surface area contributed by atoms with E-state index in [0.29, 0.717) is 0 Å². The molecular weight excluding hydrogens is 346 g/mol. The number of rotatable bonds is 3. The van der Waals surface area contributed by atoms with Crippen molar-refractivity contribution in [3.63, 3.8) is 0 Å². The van der Waals surface area contributed by atoms with Gasteiger partial charge in [0.2, 0.25) is 0 Å². The first-order valence-electron chi connectivity index (χ1n) is 6.54. The molecule has 0 aliphatic rings. The molecule has 0 fully saturated rings. The summed E-state index contributed by atoms with van der Waals surface area (Å²) in [6.07, 6.45) is 0. The second-order valence-electron chi connectivity index (χ2n) is 4.73. The summed E-state index contributed by atoms with van der Waals surface area (Å²) in [6.45, 7) is 2.05. The van der Waals surface area contributed by atoms with E-state index in [1.54, 1.807) is 18.4 Å². The summed E-state index contributed by atoms with van der Waals surface area (Å²) in [7, 11) is 1.69. The minimum atomic E-state index is 0.905. The molecule has 0 spiro atoms. The fraction of sp³-hybridized carbons (Fsp3) is 0.118. The van der Waals surface area contributed by atoms with Gasteiger partial charge in [-0.3, -0.25) is 0 Å². The first-order chi connectivity index (χ1) is 10.2. The third-order valence-corrected chi connectivity index (χ3v) is 4.65. The Bertz CT molecular complexity index is 782. The van der Waals surface area contributed by atoms with E-state index in [1.165, 1.54) is 0 Å². The van der Waals surface area contributed by atoms with Crippen LogP contribution in [0, 0.1) is 6.92 Å². The minimum Gasteiger partial charge on any atom is -0.496 e. The van der Waals surface area contributed by atoms with E-state index in [4.69, 9.17) is 9.72 Å². The molecule has 0 amide bonds. The number of nitrogens with zero attached hydrogens (tertiary/aromatic N) is 1. The fourth-order valence-electron chi connectivity index (χ4n) is 2.20. The lowest BCUT2D eigenvalue weighted by molar-refractivity contribution is 0.412. The van der Waals surface area contributed by atoms with E-state index in [-0.39, 0.29) is 0 Å². The second kappa shape index (κ2) is 6.00. The van der Waals surface area contributed by atoms with Gasteiger partial charge in [-0.25, -0.2) is 4.98 Å². The van der Waals surface area contributed by atoms with Gasteiger partial charge in [0.15, 0.2) is 0 Å². The summed E-state index contributed by atoms with van der Waals surface area (Å²) in [6, 6.07) is 14.4. The number of halogens is 1. The maximum absolute atomic E-state index is 5.30. The zero-order valence-corrected chi connectivity index (χ0v) is 14.2. The number of hydrogen-bond donors (Lipinski definition) is 0. The Morgan fingerprint density at radius 1 is 1.10 bits per heavy atom. The molecule has 106 valence electrons. The molecule has 0 atom stereocenters. The van der Waals surface area contributed by atoms with Gasteiger partial charge in [-0.2, -0.15) is 0 Å². The quantitative estimate of drug-likeness (QED) is 0.610. The summed E-state index contributed by atoms with van der Waals surface area (Å²) in [5, 5.41) is 3.12. The van der Waals surface area contributed by atoms with Crippen molar-refractivity contribution < 1.29 is 4.74 Å². The van der Waals surface area contributed by atoms with Gasteiger partial charge in [-0.05, 0) is 42.8 Å². The highest BCUT2D eigenvalue weighted by molar-refractivity contribution is 9.10. The molecule has 4 heteroatoms. The average molecular weight is 360 g/mol. The smallest absolute Gasteiger partial charge is 0.124 e. The number of aromatic nitrogens is 1. The summed E-state index contributed by atoms with van der Waals surface area (Å²) >= 11 is 5.16. The van der Waals surface area contributed by atoms with Crippen molar-refractivity contribution in [2.45, 2.75) is 6.92 Å².